The van der Waals surface area contributed by atoms with Crippen LogP contribution in [-0.4, -0.2) is 56.0 Å². The normalized spacial score (nSPS) is 16.5. The van der Waals surface area contributed by atoms with Crippen LogP contribution >= 0.6 is 0 Å². The Morgan fingerprint density at radius 1 is 1.00 bits per heavy atom. The number of likely N-dealkylation sites (tertiary alicyclic amines) is 1. The predicted octanol–water partition coefficient (Wildman–Crippen LogP) is 7.02. The first-order valence-electron chi connectivity index (χ1n) is 15.4. The van der Waals surface area contributed by atoms with E-state index in [1.807, 2.05) is 18.7 Å². The molecule has 3 aliphatic heterocycles. The lowest BCUT2D eigenvalue weighted by Crippen LogP contribution is -2.29. The zero-order valence-corrected chi connectivity index (χ0v) is 25.6. The fraction of sp³-hybridized carbons (Fsp3) is 0.618. The number of carbonyl (C=O) groups excluding carboxylic acids is 1. The molecule has 3 heterocycles. The van der Waals surface area contributed by atoms with Crippen LogP contribution in [0, 0.1) is 12.8 Å². The van der Waals surface area contributed by atoms with E-state index in [-0.39, 0.29) is 0 Å². The van der Waals surface area contributed by atoms with E-state index < -0.39 is 0 Å². The van der Waals surface area contributed by atoms with E-state index in [0.29, 0.717) is 12.5 Å². The highest BCUT2D eigenvalue weighted by molar-refractivity contribution is 5.60. The molecule has 39 heavy (non-hydrogen) atoms. The van der Waals surface area contributed by atoms with E-state index >= 15 is 0 Å². The summed E-state index contributed by atoms with van der Waals surface area (Å²) in [5, 5.41) is 0. The van der Waals surface area contributed by atoms with Crippen LogP contribution in [0.1, 0.15) is 87.6 Å². The molecule has 3 aliphatic rings. The molecule has 0 atom stereocenters. The Morgan fingerprint density at radius 2 is 1.77 bits per heavy atom. The Labute approximate surface area is 238 Å². The van der Waals surface area contributed by atoms with Gasteiger partial charge >= 0.3 is 0 Å². The van der Waals surface area contributed by atoms with Crippen molar-refractivity contribution in [2.24, 2.45) is 5.92 Å². The zero-order valence-electron chi connectivity index (χ0n) is 25.6. The molecule has 1 amide bonds. The van der Waals surface area contributed by atoms with Gasteiger partial charge in [0.1, 0.15) is 5.75 Å². The number of carbonyl (C=O) groups is 1. The van der Waals surface area contributed by atoms with Crippen molar-refractivity contribution >= 4 is 12.1 Å². The van der Waals surface area contributed by atoms with Crippen molar-refractivity contribution < 1.29 is 9.53 Å². The number of aryl methyl sites for hydroxylation is 2. The summed E-state index contributed by atoms with van der Waals surface area (Å²) in [6.45, 7) is 17.6. The number of rotatable bonds is 7. The maximum atomic E-state index is 11.2. The Hall–Kier alpha value is -2.53. The summed E-state index contributed by atoms with van der Waals surface area (Å²) in [6.07, 6.45) is 9.76. The molecular weight excluding hydrogens is 482 g/mol. The van der Waals surface area contributed by atoms with Gasteiger partial charge in [-0.3, -0.25) is 9.69 Å². The fourth-order valence-corrected chi connectivity index (χ4v) is 6.03. The second kappa shape index (κ2) is 15.9. The third-order valence-electron chi connectivity index (χ3n) is 7.83. The Kier molecular flexibility index (Phi) is 12.6. The van der Waals surface area contributed by atoms with E-state index in [4.69, 9.17) is 4.74 Å². The average molecular weight is 536 g/mol. The topological polar surface area (TPSA) is 36.0 Å². The van der Waals surface area contributed by atoms with Crippen LogP contribution < -0.4 is 9.64 Å². The SMILES string of the molecule is CC.CN1CCc2c(CN3CCCCC3)cccc21.Cc1cc(CN(C=O)CC(C)C)cc2c1OCCCC2. The van der Waals surface area contributed by atoms with Crippen molar-refractivity contribution in [2.45, 2.75) is 92.7 Å². The van der Waals surface area contributed by atoms with Crippen LogP contribution in [0.15, 0.2) is 30.3 Å². The molecule has 0 unspecified atom stereocenters. The highest BCUT2D eigenvalue weighted by atomic mass is 16.5. The molecule has 0 bridgehead atoms. The van der Waals surface area contributed by atoms with Crippen molar-refractivity contribution in [3.8, 4) is 5.75 Å². The van der Waals surface area contributed by atoms with Gasteiger partial charge in [-0.1, -0.05) is 58.4 Å². The van der Waals surface area contributed by atoms with E-state index in [0.717, 1.165) is 44.7 Å². The number of ether oxygens (including phenoxy) is 1. The number of benzene rings is 2. The van der Waals surface area contributed by atoms with E-state index in [1.165, 1.54) is 74.1 Å². The van der Waals surface area contributed by atoms with Gasteiger partial charge in [-0.15, -0.1) is 0 Å². The minimum atomic E-state index is 0.491. The van der Waals surface area contributed by atoms with Crippen molar-refractivity contribution in [1.29, 1.82) is 0 Å². The first kappa shape index (κ1) is 31.0. The van der Waals surface area contributed by atoms with Gasteiger partial charge in [0.15, 0.2) is 0 Å². The van der Waals surface area contributed by atoms with E-state index in [2.05, 4.69) is 68.0 Å². The van der Waals surface area contributed by atoms with Crippen molar-refractivity contribution in [3.05, 3.63) is 58.1 Å². The van der Waals surface area contributed by atoms with Gasteiger partial charge in [0.05, 0.1) is 6.61 Å². The number of nitrogens with zero attached hydrogens (tertiary/aromatic N) is 3. The molecule has 5 rings (SSSR count). The second-order valence-corrected chi connectivity index (χ2v) is 11.6. The van der Waals surface area contributed by atoms with Gasteiger partial charge in [0.2, 0.25) is 6.41 Å². The quantitative estimate of drug-likeness (QED) is 0.357. The monoisotopic (exact) mass is 535 g/mol. The maximum absolute atomic E-state index is 11.2. The van der Waals surface area contributed by atoms with Crippen molar-refractivity contribution in [1.82, 2.24) is 9.80 Å². The minimum Gasteiger partial charge on any atom is -0.493 e. The third kappa shape index (κ3) is 8.99. The number of fused-ring (bicyclic) bond motifs is 2. The Balaban J connectivity index is 0.000000205. The highest BCUT2D eigenvalue weighted by Gasteiger charge is 2.20. The summed E-state index contributed by atoms with van der Waals surface area (Å²) >= 11 is 0. The van der Waals surface area contributed by atoms with Gasteiger partial charge < -0.3 is 14.5 Å². The van der Waals surface area contributed by atoms with E-state index in [9.17, 15) is 4.79 Å². The van der Waals surface area contributed by atoms with Crippen LogP contribution in [-0.2, 0) is 30.7 Å². The number of piperidine rings is 1. The smallest absolute Gasteiger partial charge is 0.210 e. The largest absolute Gasteiger partial charge is 0.493 e. The summed E-state index contributed by atoms with van der Waals surface area (Å²) < 4.78 is 5.85. The van der Waals surface area contributed by atoms with Gasteiger partial charge in [0.25, 0.3) is 0 Å². The van der Waals surface area contributed by atoms with Crippen LogP contribution in [0.3, 0.4) is 0 Å². The first-order chi connectivity index (χ1) is 18.9. The van der Waals surface area contributed by atoms with Crippen LogP contribution in [0.4, 0.5) is 5.69 Å². The molecular formula is C34H53N3O2. The molecule has 1 fully saturated rings. The van der Waals surface area contributed by atoms with Gasteiger partial charge in [-0.2, -0.15) is 0 Å². The lowest BCUT2D eigenvalue weighted by molar-refractivity contribution is -0.119. The molecule has 0 saturated carbocycles. The molecule has 0 N–H and O–H groups in total. The molecule has 2 aromatic rings. The molecule has 2 aromatic carbocycles. The van der Waals surface area contributed by atoms with Gasteiger partial charge in [-0.25, -0.2) is 0 Å². The molecule has 5 heteroatoms. The van der Waals surface area contributed by atoms with Crippen LogP contribution in [0.5, 0.6) is 5.75 Å². The van der Waals surface area contributed by atoms with Crippen LogP contribution in [0.25, 0.3) is 0 Å². The van der Waals surface area contributed by atoms with Crippen molar-refractivity contribution in [3.63, 3.8) is 0 Å². The zero-order chi connectivity index (χ0) is 28.2. The number of anilines is 1. The lowest BCUT2D eigenvalue weighted by atomic mass is 10.0. The second-order valence-electron chi connectivity index (χ2n) is 11.6. The van der Waals surface area contributed by atoms with Crippen molar-refractivity contribution in [2.75, 3.05) is 44.7 Å². The number of hydrogen-bond donors (Lipinski definition) is 0. The number of likely N-dealkylation sites (N-methyl/N-ethyl adjacent to an activating group) is 1. The summed E-state index contributed by atoms with van der Waals surface area (Å²) in [5.41, 5.74) is 8.32. The minimum absolute atomic E-state index is 0.491. The highest BCUT2D eigenvalue weighted by Crippen LogP contribution is 2.31. The van der Waals surface area contributed by atoms with Gasteiger partial charge in [0, 0.05) is 38.9 Å². The molecule has 5 nitrogen and oxygen atoms in total. The summed E-state index contributed by atoms with van der Waals surface area (Å²) in [7, 11) is 2.20. The Morgan fingerprint density at radius 3 is 2.49 bits per heavy atom. The summed E-state index contributed by atoms with van der Waals surface area (Å²) in [5.74, 6) is 1.55. The molecule has 0 aliphatic carbocycles. The van der Waals surface area contributed by atoms with Gasteiger partial charge in [-0.05, 0) is 98.3 Å². The molecule has 216 valence electrons. The average Bonchev–Trinajstić information content (AvgIpc) is 3.16. The Bertz CT molecular complexity index is 1030. The summed E-state index contributed by atoms with van der Waals surface area (Å²) in [4.78, 5) is 18.0. The lowest BCUT2D eigenvalue weighted by Gasteiger charge is -2.27. The molecule has 0 radical (unpaired) electrons. The fourth-order valence-electron chi connectivity index (χ4n) is 6.03. The van der Waals surface area contributed by atoms with E-state index in [1.54, 1.807) is 11.1 Å². The first-order valence-corrected chi connectivity index (χ1v) is 15.4. The molecule has 0 aromatic heterocycles. The third-order valence-corrected chi connectivity index (χ3v) is 7.83. The number of hydrogen-bond acceptors (Lipinski definition) is 4. The van der Waals surface area contributed by atoms with Crippen LogP contribution in [0.2, 0.25) is 0 Å². The number of amides is 1. The summed E-state index contributed by atoms with van der Waals surface area (Å²) in [6, 6.07) is 11.2. The maximum Gasteiger partial charge on any atom is 0.210 e. The molecule has 0 spiro atoms. The molecule has 1 saturated heterocycles. The predicted molar refractivity (Wildman–Crippen MR) is 165 cm³/mol. The standard InChI is InChI=1S/C17H25NO2.C15H22N2.C2H6/c1-13(2)10-18(12-19)11-15-8-14(3)17-16(9-15)6-4-5-7-20-17;1-16-11-8-14-13(6-5-7-15(14)16)12-17-9-3-2-4-10-17;1-2/h8-9,12-13H,4-7,10-11H2,1-3H3;5-7H,2-4,8-12H2,1H3;1-2H3.